The number of carbonyl (C=O) groups excluding carboxylic acids is 1. The molecule has 0 bridgehead atoms. The molecule has 2 aliphatic heterocycles. The largest absolute Gasteiger partial charge is 0.371 e. The van der Waals surface area contributed by atoms with E-state index < -0.39 is 5.82 Å². The van der Waals surface area contributed by atoms with Gasteiger partial charge in [-0.25, -0.2) is 9.37 Å². The Morgan fingerprint density at radius 3 is 2.76 bits per heavy atom. The number of imidazole rings is 1. The van der Waals surface area contributed by atoms with Crippen LogP contribution >= 0.6 is 0 Å². The van der Waals surface area contributed by atoms with Crippen LogP contribution in [-0.2, 0) is 0 Å². The number of aryl methyl sites for hydroxylation is 1. The summed E-state index contributed by atoms with van der Waals surface area (Å²) in [4.78, 5) is 19.7. The van der Waals surface area contributed by atoms with Crippen LogP contribution in [0.5, 0.6) is 0 Å². The molecular weight excluding hydrogens is 421 g/mol. The highest BCUT2D eigenvalue weighted by Gasteiger charge is 2.39. The fourth-order valence-electron chi connectivity index (χ4n) is 5.05. The van der Waals surface area contributed by atoms with E-state index in [-0.39, 0.29) is 11.6 Å². The minimum atomic E-state index is -0.496. The van der Waals surface area contributed by atoms with Gasteiger partial charge in [-0.15, -0.1) is 5.10 Å². The van der Waals surface area contributed by atoms with Gasteiger partial charge >= 0.3 is 0 Å². The molecule has 2 aliphatic rings. The molecule has 0 aliphatic carbocycles. The molecule has 0 atom stereocenters. The van der Waals surface area contributed by atoms with Crippen molar-refractivity contribution in [1.29, 1.82) is 0 Å². The smallest absolute Gasteiger partial charge is 0.257 e. The van der Waals surface area contributed by atoms with Gasteiger partial charge in [0.1, 0.15) is 5.52 Å². The SMILES string of the molecule is Cc1cn2cc(NC(=O)c3ccc(N4CCC5(CCN5)CC4)c4ccnnc34)cc(F)c2n1. The van der Waals surface area contributed by atoms with Crippen molar-refractivity contribution in [3.63, 3.8) is 0 Å². The lowest BCUT2D eigenvalue weighted by Crippen LogP contribution is -2.61. The van der Waals surface area contributed by atoms with Crippen molar-refractivity contribution in [3.8, 4) is 0 Å². The molecular formula is C24H24FN7O. The summed E-state index contributed by atoms with van der Waals surface area (Å²) in [5.74, 6) is -0.858. The molecule has 0 unspecified atom stereocenters. The Bertz CT molecular complexity index is 1380. The van der Waals surface area contributed by atoms with E-state index >= 15 is 0 Å². The number of fused-ring (bicyclic) bond motifs is 2. The molecule has 2 fully saturated rings. The molecule has 1 aromatic carbocycles. The number of piperidine rings is 1. The van der Waals surface area contributed by atoms with E-state index in [0.29, 0.717) is 28.0 Å². The van der Waals surface area contributed by atoms with Crippen molar-refractivity contribution in [1.82, 2.24) is 24.9 Å². The summed E-state index contributed by atoms with van der Waals surface area (Å²) >= 11 is 0. The molecule has 2 saturated heterocycles. The third-order valence-electron chi connectivity index (χ3n) is 6.95. The van der Waals surface area contributed by atoms with Crippen LogP contribution in [0, 0.1) is 12.7 Å². The molecule has 0 radical (unpaired) electrons. The summed E-state index contributed by atoms with van der Waals surface area (Å²) in [7, 11) is 0. The van der Waals surface area contributed by atoms with Crippen molar-refractivity contribution in [2.45, 2.75) is 31.7 Å². The number of carbonyl (C=O) groups is 1. The van der Waals surface area contributed by atoms with Gasteiger partial charge in [0, 0.05) is 48.2 Å². The second-order valence-electron chi connectivity index (χ2n) is 9.01. The highest BCUT2D eigenvalue weighted by atomic mass is 19.1. The molecule has 2 N–H and O–H groups in total. The number of nitrogens with zero attached hydrogens (tertiary/aromatic N) is 5. The first kappa shape index (κ1) is 20.0. The summed E-state index contributed by atoms with van der Waals surface area (Å²) in [5, 5.41) is 15.6. The first-order valence-corrected chi connectivity index (χ1v) is 11.2. The highest BCUT2D eigenvalue weighted by molar-refractivity contribution is 6.13. The minimum Gasteiger partial charge on any atom is -0.371 e. The molecule has 5 heterocycles. The molecule has 6 rings (SSSR count). The molecule has 0 saturated carbocycles. The molecule has 8 nitrogen and oxygen atoms in total. The molecule has 9 heteroatoms. The van der Waals surface area contributed by atoms with Crippen molar-refractivity contribution < 1.29 is 9.18 Å². The predicted octanol–water partition coefficient (Wildman–Crippen LogP) is 3.31. The maximum Gasteiger partial charge on any atom is 0.257 e. The molecule has 33 heavy (non-hydrogen) atoms. The number of anilines is 2. The van der Waals surface area contributed by atoms with Gasteiger partial charge < -0.3 is 19.9 Å². The van der Waals surface area contributed by atoms with Crippen LogP contribution in [0.3, 0.4) is 0 Å². The Morgan fingerprint density at radius 1 is 1.18 bits per heavy atom. The van der Waals surface area contributed by atoms with Crippen LogP contribution in [0.2, 0.25) is 0 Å². The van der Waals surface area contributed by atoms with Gasteiger partial charge in [-0.3, -0.25) is 4.79 Å². The van der Waals surface area contributed by atoms with Crippen molar-refractivity contribution in [2.24, 2.45) is 0 Å². The first-order valence-electron chi connectivity index (χ1n) is 11.2. The van der Waals surface area contributed by atoms with E-state index in [4.69, 9.17) is 0 Å². The van der Waals surface area contributed by atoms with Crippen LogP contribution in [0.4, 0.5) is 15.8 Å². The van der Waals surface area contributed by atoms with Crippen molar-refractivity contribution in [3.05, 3.63) is 59.9 Å². The van der Waals surface area contributed by atoms with E-state index in [0.717, 1.165) is 43.5 Å². The summed E-state index contributed by atoms with van der Waals surface area (Å²) in [6, 6.07) is 6.94. The lowest BCUT2D eigenvalue weighted by Gasteiger charge is -2.49. The first-order chi connectivity index (χ1) is 16.0. The fraction of sp³-hybridized carbons (Fsp3) is 0.333. The number of halogens is 1. The fourth-order valence-corrected chi connectivity index (χ4v) is 5.05. The second kappa shape index (κ2) is 7.48. The monoisotopic (exact) mass is 445 g/mol. The van der Waals surface area contributed by atoms with Gasteiger partial charge in [0.05, 0.1) is 23.1 Å². The number of hydrogen-bond donors (Lipinski definition) is 2. The van der Waals surface area contributed by atoms with Gasteiger partial charge in [-0.05, 0) is 50.9 Å². The van der Waals surface area contributed by atoms with Crippen LogP contribution < -0.4 is 15.5 Å². The van der Waals surface area contributed by atoms with E-state index in [1.54, 1.807) is 36.0 Å². The number of rotatable bonds is 3. The van der Waals surface area contributed by atoms with Gasteiger partial charge in [0.25, 0.3) is 5.91 Å². The second-order valence-corrected chi connectivity index (χ2v) is 9.01. The standard InChI is InChI=1S/C24H24FN7O/c1-15-13-32-14-16(12-19(25)22(32)28-15)29-23(33)18-2-3-20(17-4-8-27-30-21(17)18)31-10-6-24(7-11-31)5-9-26-24/h2-4,8,12-14,26H,5-7,9-11H2,1H3,(H,29,33). The van der Waals surface area contributed by atoms with Crippen LogP contribution in [-0.4, -0.2) is 50.7 Å². The van der Waals surface area contributed by atoms with E-state index in [1.165, 1.54) is 12.5 Å². The van der Waals surface area contributed by atoms with Crippen LogP contribution in [0.1, 0.15) is 35.3 Å². The molecule has 168 valence electrons. The Hall–Kier alpha value is -3.59. The van der Waals surface area contributed by atoms with Gasteiger partial charge in [-0.1, -0.05) is 0 Å². The minimum absolute atomic E-state index is 0.228. The molecule has 3 aromatic heterocycles. The van der Waals surface area contributed by atoms with Gasteiger partial charge in [0.15, 0.2) is 11.5 Å². The van der Waals surface area contributed by atoms with Crippen molar-refractivity contribution in [2.75, 3.05) is 29.9 Å². The summed E-state index contributed by atoms with van der Waals surface area (Å²) in [6.07, 6.45) is 8.48. The molecule has 1 amide bonds. The van der Waals surface area contributed by atoms with E-state index in [9.17, 15) is 9.18 Å². The van der Waals surface area contributed by atoms with Crippen LogP contribution in [0.15, 0.2) is 42.9 Å². The lowest BCUT2D eigenvalue weighted by molar-refractivity contribution is 0.102. The van der Waals surface area contributed by atoms with E-state index in [2.05, 4.69) is 30.7 Å². The maximum atomic E-state index is 14.4. The average molecular weight is 446 g/mol. The van der Waals surface area contributed by atoms with Gasteiger partial charge in [-0.2, -0.15) is 5.10 Å². The molecule has 1 spiro atoms. The third-order valence-corrected chi connectivity index (χ3v) is 6.95. The normalized spacial score (nSPS) is 17.5. The van der Waals surface area contributed by atoms with E-state index in [1.807, 2.05) is 12.1 Å². The summed E-state index contributed by atoms with van der Waals surface area (Å²) in [6.45, 7) is 4.82. The highest BCUT2D eigenvalue weighted by Crippen LogP contribution is 2.36. The molecule has 4 aromatic rings. The Morgan fingerprint density at radius 2 is 2.00 bits per heavy atom. The van der Waals surface area contributed by atoms with Crippen LogP contribution in [0.25, 0.3) is 16.6 Å². The maximum absolute atomic E-state index is 14.4. The Kier molecular flexibility index (Phi) is 4.55. The number of hydrogen-bond acceptors (Lipinski definition) is 6. The lowest BCUT2D eigenvalue weighted by atomic mass is 9.79. The predicted molar refractivity (Wildman–Crippen MR) is 124 cm³/mol. The Balaban J connectivity index is 1.30. The zero-order valence-corrected chi connectivity index (χ0v) is 18.3. The quantitative estimate of drug-likeness (QED) is 0.503. The number of aromatic nitrogens is 4. The Labute approximate surface area is 189 Å². The average Bonchev–Trinajstić information content (AvgIpc) is 3.18. The zero-order chi connectivity index (χ0) is 22.6. The third kappa shape index (κ3) is 3.39. The van der Waals surface area contributed by atoms with Gasteiger partial charge in [0.2, 0.25) is 0 Å². The number of pyridine rings is 1. The topological polar surface area (TPSA) is 87.5 Å². The summed E-state index contributed by atoms with van der Waals surface area (Å²) < 4.78 is 16.0. The zero-order valence-electron chi connectivity index (χ0n) is 18.3. The number of benzene rings is 1. The number of nitrogens with one attached hydrogen (secondary N) is 2. The summed E-state index contributed by atoms with van der Waals surface area (Å²) in [5.41, 5.74) is 3.59. The van der Waals surface area contributed by atoms with Crippen molar-refractivity contribution >= 4 is 33.8 Å². The number of amides is 1.